The molecule has 24 heavy (non-hydrogen) atoms. The molecule has 0 amide bonds. The van der Waals surface area contributed by atoms with Crippen LogP contribution in [-0.4, -0.2) is 43.4 Å². The highest BCUT2D eigenvalue weighted by molar-refractivity contribution is 6.30. The standard InChI is InChI=1S/C19H22ClNO3/c1-23-17-4-2-3-15(11-17)18(22)12-21-9-10-24-19(13-21)14-5-7-16(20)8-6-14/h2-8,11,18-19,22H,9-10,12-13H2,1H3. The van der Waals surface area contributed by atoms with E-state index in [1.54, 1.807) is 7.11 Å². The van der Waals surface area contributed by atoms with Gasteiger partial charge < -0.3 is 14.6 Å². The Balaban J connectivity index is 1.63. The van der Waals surface area contributed by atoms with Crippen LogP contribution >= 0.6 is 11.6 Å². The molecule has 0 aromatic heterocycles. The molecule has 0 bridgehead atoms. The van der Waals surface area contributed by atoms with Crippen molar-refractivity contribution in [1.29, 1.82) is 0 Å². The van der Waals surface area contributed by atoms with Crippen LogP contribution in [0.3, 0.4) is 0 Å². The molecule has 5 heteroatoms. The number of hydrogen-bond acceptors (Lipinski definition) is 4. The van der Waals surface area contributed by atoms with Crippen LogP contribution in [0.4, 0.5) is 0 Å². The highest BCUT2D eigenvalue weighted by Crippen LogP contribution is 2.26. The van der Waals surface area contributed by atoms with Gasteiger partial charge in [-0.2, -0.15) is 0 Å². The quantitative estimate of drug-likeness (QED) is 0.899. The molecular weight excluding hydrogens is 326 g/mol. The Morgan fingerprint density at radius 3 is 2.83 bits per heavy atom. The fourth-order valence-corrected chi connectivity index (χ4v) is 3.07. The zero-order chi connectivity index (χ0) is 16.9. The zero-order valence-electron chi connectivity index (χ0n) is 13.7. The van der Waals surface area contributed by atoms with Gasteiger partial charge >= 0.3 is 0 Å². The number of aliphatic hydroxyl groups excluding tert-OH is 1. The van der Waals surface area contributed by atoms with E-state index in [4.69, 9.17) is 21.1 Å². The summed E-state index contributed by atoms with van der Waals surface area (Å²) in [5.74, 6) is 0.757. The van der Waals surface area contributed by atoms with Crippen LogP contribution in [0.2, 0.25) is 5.02 Å². The Morgan fingerprint density at radius 1 is 1.29 bits per heavy atom. The van der Waals surface area contributed by atoms with Crippen LogP contribution < -0.4 is 4.74 Å². The van der Waals surface area contributed by atoms with Crippen LogP contribution in [0.5, 0.6) is 5.75 Å². The summed E-state index contributed by atoms with van der Waals surface area (Å²) < 4.78 is 11.1. The number of nitrogens with zero attached hydrogens (tertiary/aromatic N) is 1. The first-order valence-electron chi connectivity index (χ1n) is 8.07. The molecule has 2 atom stereocenters. The van der Waals surface area contributed by atoms with Crippen LogP contribution in [0.25, 0.3) is 0 Å². The summed E-state index contributed by atoms with van der Waals surface area (Å²) in [6, 6.07) is 15.3. The van der Waals surface area contributed by atoms with Gasteiger partial charge in [0.05, 0.1) is 25.9 Å². The third-order valence-corrected chi connectivity index (χ3v) is 4.55. The van der Waals surface area contributed by atoms with E-state index in [0.717, 1.165) is 35.0 Å². The van der Waals surface area contributed by atoms with E-state index in [1.807, 2.05) is 48.5 Å². The van der Waals surface area contributed by atoms with Crippen molar-refractivity contribution in [3.63, 3.8) is 0 Å². The molecule has 2 unspecified atom stereocenters. The van der Waals surface area contributed by atoms with Crippen molar-refractivity contribution < 1.29 is 14.6 Å². The lowest BCUT2D eigenvalue weighted by Crippen LogP contribution is -2.40. The lowest BCUT2D eigenvalue weighted by atomic mass is 10.1. The van der Waals surface area contributed by atoms with Gasteiger partial charge in [0.15, 0.2) is 0 Å². The van der Waals surface area contributed by atoms with Gasteiger partial charge in [0.1, 0.15) is 5.75 Å². The van der Waals surface area contributed by atoms with Crippen molar-refractivity contribution >= 4 is 11.6 Å². The summed E-state index contributed by atoms with van der Waals surface area (Å²) in [4.78, 5) is 2.23. The zero-order valence-corrected chi connectivity index (χ0v) is 14.4. The minimum Gasteiger partial charge on any atom is -0.497 e. The van der Waals surface area contributed by atoms with Gasteiger partial charge in [-0.15, -0.1) is 0 Å². The fourth-order valence-electron chi connectivity index (χ4n) is 2.95. The van der Waals surface area contributed by atoms with Crippen LogP contribution in [-0.2, 0) is 4.74 Å². The molecule has 1 aliphatic rings. The largest absolute Gasteiger partial charge is 0.497 e. The number of ether oxygens (including phenoxy) is 2. The van der Waals surface area contributed by atoms with Gasteiger partial charge in [-0.3, -0.25) is 4.90 Å². The number of β-amino-alcohol motifs (C(OH)–C–C–N with tert-alkyl or cyclic N) is 1. The van der Waals surface area contributed by atoms with E-state index in [9.17, 15) is 5.11 Å². The maximum Gasteiger partial charge on any atom is 0.119 e. The van der Waals surface area contributed by atoms with Crippen LogP contribution in [0.1, 0.15) is 23.3 Å². The topological polar surface area (TPSA) is 41.9 Å². The monoisotopic (exact) mass is 347 g/mol. The SMILES string of the molecule is COc1cccc(C(O)CN2CCOC(c3ccc(Cl)cc3)C2)c1. The molecule has 1 aliphatic heterocycles. The second-order valence-electron chi connectivity index (χ2n) is 5.96. The number of halogens is 1. The van der Waals surface area contributed by atoms with Gasteiger partial charge in [-0.05, 0) is 35.4 Å². The first-order valence-corrected chi connectivity index (χ1v) is 8.45. The number of benzene rings is 2. The van der Waals surface area contributed by atoms with Crippen molar-refractivity contribution in [2.24, 2.45) is 0 Å². The molecule has 4 nitrogen and oxygen atoms in total. The number of methoxy groups -OCH3 is 1. The summed E-state index contributed by atoms with van der Waals surface area (Å²) >= 11 is 5.95. The Kier molecular flexibility index (Phi) is 5.74. The molecule has 2 aromatic rings. The average molecular weight is 348 g/mol. The van der Waals surface area contributed by atoms with Crippen molar-refractivity contribution in [3.05, 3.63) is 64.7 Å². The average Bonchev–Trinajstić information content (AvgIpc) is 2.62. The molecule has 2 aromatic carbocycles. The van der Waals surface area contributed by atoms with Crippen molar-refractivity contribution in [3.8, 4) is 5.75 Å². The van der Waals surface area contributed by atoms with Crippen LogP contribution in [0.15, 0.2) is 48.5 Å². The first-order chi connectivity index (χ1) is 11.7. The predicted molar refractivity (Wildman–Crippen MR) is 94.5 cm³/mol. The third kappa shape index (κ3) is 4.28. The Hall–Kier alpha value is -1.59. The Bertz CT molecular complexity index is 662. The second-order valence-corrected chi connectivity index (χ2v) is 6.40. The number of hydrogen-bond donors (Lipinski definition) is 1. The predicted octanol–water partition coefficient (Wildman–Crippen LogP) is 3.46. The fraction of sp³-hybridized carbons (Fsp3) is 0.368. The molecule has 1 saturated heterocycles. The van der Waals surface area contributed by atoms with E-state index < -0.39 is 6.10 Å². The Morgan fingerprint density at radius 2 is 2.08 bits per heavy atom. The van der Waals surface area contributed by atoms with Crippen molar-refractivity contribution in [1.82, 2.24) is 4.90 Å². The normalized spacial score (nSPS) is 19.9. The second kappa shape index (κ2) is 7.99. The van der Waals surface area contributed by atoms with E-state index in [2.05, 4.69) is 4.90 Å². The lowest BCUT2D eigenvalue weighted by Gasteiger charge is -2.34. The summed E-state index contributed by atoms with van der Waals surface area (Å²) in [5.41, 5.74) is 1.98. The molecule has 0 saturated carbocycles. The number of aliphatic hydroxyl groups is 1. The van der Waals surface area contributed by atoms with E-state index in [-0.39, 0.29) is 6.10 Å². The molecule has 0 aliphatic carbocycles. The molecule has 128 valence electrons. The Labute approximate surface area is 147 Å². The highest BCUT2D eigenvalue weighted by atomic mass is 35.5. The molecule has 0 spiro atoms. The molecular formula is C19H22ClNO3. The van der Waals surface area contributed by atoms with E-state index >= 15 is 0 Å². The molecule has 1 heterocycles. The molecule has 1 N–H and O–H groups in total. The minimum atomic E-state index is -0.552. The van der Waals surface area contributed by atoms with Gasteiger partial charge in [0, 0.05) is 24.7 Å². The maximum atomic E-state index is 10.5. The van der Waals surface area contributed by atoms with Gasteiger partial charge in [0.25, 0.3) is 0 Å². The molecule has 3 rings (SSSR count). The highest BCUT2D eigenvalue weighted by Gasteiger charge is 2.24. The third-order valence-electron chi connectivity index (χ3n) is 4.30. The lowest BCUT2D eigenvalue weighted by molar-refractivity contribution is -0.0424. The van der Waals surface area contributed by atoms with E-state index in [1.165, 1.54) is 0 Å². The summed E-state index contributed by atoms with van der Waals surface area (Å²) in [6.07, 6.45) is -0.544. The minimum absolute atomic E-state index is 0.00789. The van der Waals surface area contributed by atoms with Gasteiger partial charge in [-0.25, -0.2) is 0 Å². The summed E-state index contributed by atoms with van der Waals surface area (Å²) in [5, 5.41) is 11.3. The number of morpholine rings is 1. The smallest absolute Gasteiger partial charge is 0.119 e. The van der Waals surface area contributed by atoms with Crippen molar-refractivity contribution in [2.75, 3.05) is 33.4 Å². The summed E-state index contributed by atoms with van der Waals surface area (Å²) in [7, 11) is 1.63. The van der Waals surface area contributed by atoms with Crippen LogP contribution in [0, 0.1) is 0 Å². The first kappa shape index (κ1) is 17.2. The van der Waals surface area contributed by atoms with E-state index in [0.29, 0.717) is 13.2 Å². The molecule has 0 radical (unpaired) electrons. The van der Waals surface area contributed by atoms with Gasteiger partial charge in [-0.1, -0.05) is 35.9 Å². The summed E-state index contributed by atoms with van der Waals surface area (Å²) in [6.45, 7) is 2.78. The number of rotatable bonds is 5. The van der Waals surface area contributed by atoms with Crippen molar-refractivity contribution in [2.45, 2.75) is 12.2 Å². The molecule has 1 fully saturated rings. The maximum absolute atomic E-state index is 10.5. The van der Waals surface area contributed by atoms with Gasteiger partial charge in [0.2, 0.25) is 0 Å².